The van der Waals surface area contributed by atoms with Gasteiger partial charge in [-0.3, -0.25) is 9.78 Å². The van der Waals surface area contributed by atoms with Crippen molar-refractivity contribution < 1.29 is 13.2 Å². The van der Waals surface area contributed by atoms with Crippen molar-refractivity contribution in [2.45, 2.75) is 4.90 Å². The molecule has 0 aliphatic carbocycles. The van der Waals surface area contributed by atoms with Crippen molar-refractivity contribution in [1.29, 1.82) is 0 Å². The van der Waals surface area contributed by atoms with Gasteiger partial charge in [-0.2, -0.15) is 4.72 Å². The number of nitrogens with one attached hydrogen (secondary N) is 2. The zero-order chi connectivity index (χ0) is 18.6. The molecule has 0 fully saturated rings. The highest BCUT2D eigenvalue weighted by Gasteiger charge is 2.15. The van der Waals surface area contributed by atoms with Crippen LogP contribution in [0.1, 0.15) is 10.4 Å². The molecule has 0 aliphatic rings. The van der Waals surface area contributed by atoms with Gasteiger partial charge in [0.15, 0.2) is 0 Å². The van der Waals surface area contributed by atoms with Crippen LogP contribution in [-0.4, -0.2) is 25.9 Å². The van der Waals surface area contributed by atoms with Crippen molar-refractivity contribution >= 4 is 32.5 Å². The van der Waals surface area contributed by atoms with Crippen LogP contribution >= 0.6 is 0 Å². The number of carbonyl (C=O) groups excluding carboxylic acids is 1. The second-order valence-corrected chi connectivity index (χ2v) is 7.19. The number of hydrogen-bond acceptors (Lipinski definition) is 4. The molecule has 0 atom stereocenters. The van der Waals surface area contributed by atoms with Gasteiger partial charge >= 0.3 is 0 Å². The topological polar surface area (TPSA) is 88.2 Å². The lowest BCUT2D eigenvalue weighted by atomic mass is 10.1. The number of anilines is 1. The largest absolute Gasteiger partial charge is 0.322 e. The molecule has 130 valence electrons. The molecular weight excluding hydrogens is 350 g/mol. The smallest absolute Gasteiger partial charge is 0.255 e. The molecule has 0 unspecified atom stereocenters. The predicted molar refractivity (Wildman–Crippen MR) is 100 cm³/mol. The van der Waals surface area contributed by atoms with E-state index in [-0.39, 0.29) is 17.0 Å². The molecule has 1 heterocycles. The van der Waals surface area contributed by atoms with Crippen LogP contribution in [0.5, 0.6) is 0 Å². The van der Waals surface area contributed by atoms with Gasteiger partial charge in [-0.25, -0.2) is 8.42 Å². The van der Waals surface area contributed by atoms with Crippen molar-refractivity contribution in [1.82, 2.24) is 9.71 Å². The Hall–Kier alpha value is -3.21. The molecule has 2 aromatic carbocycles. The van der Waals surface area contributed by atoms with Crippen LogP contribution in [0.4, 0.5) is 5.69 Å². The molecule has 1 aromatic heterocycles. The van der Waals surface area contributed by atoms with Gasteiger partial charge in [-0.15, -0.1) is 6.42 Å². The van der Waals surface area contributed by atoms with E-state index in [0.717, 1.165) is 10.9 Å². The molecule has 0 spiro atoms. The number of hydrogen-bond donors (Lipinski definition) is 2. The van der Waals surface area contributed by atoms with Crippen molar-refractivity contribution in [3.8, 4) is 12.3 Å². The molecule has 3 rings (SSSR count). The number of fused-ring (bicyclic) bond motifs is 1. The maximum Gasteiger partial charge on any atom is 0.255 e. The first-order chi connectivity index (χ1) is 12.5. The standard InChI is InChI=1S/C19H15N3O3S/c1-2-10-21-26(24,25)17-7-3-5-15(13-17)19(23)22-16-8-9-18-14(12-16)6-4-11-20-18/h1,3-9,11-13,21H,10H2,(H,22,23). The summed E-state index contributed by atoms with van der Waals surface area (Å²) in [5.41, 5.74) is 1.63. The van der Waals surface area contributed by atoms with Crippen molar-refractivity contribution in [3.05, 3.63) is 66.4 Å². The fourth-order valence-corrected chi connectivity index (χ4v) is 3.36. The fraction of sp³-hybridized carbons (Fsp3) is 0.0526. The van der Waals surface area contributed by atoms with Crippen LogP contribution in [0.25, 0.3) is 10.9 Å². The number of carbonyl (C=O) groups is 1. The van der Waals surface area contributed by atoms with Crippen molar-refractivity contribution in [2.24, 2.45) is 0 Å². The molecule has 7 heteroatoms. The summed E-state index contributed by atoms with van der Waals surface area (Å²) in [4.78, 5) is 16.7. The molecule has 0 bridgehead atoms. The van der Waals surface area contributed by atoms with Gasteiger partial charge in [0, 0.05) is 22.8 Å². The van der Waals surface area contributed by atoms with Crippen LogP contribution < -0.4 is 10.0 Å². The number of benzene rings is 2. The lowest BCUT2D eigenvalue weighted by Gasteiger charge is -2.08. The number of pyridine rings is 1. The molecular formula is C19H15N3O3S. The van der Waals surface area contributed by atoms with E-state index >= 15 is 0 Å². The summed E-state index contributed by atoms with van der Waals surface area (Å²) >= 11 is 0. The molecule has 0 saturated heterocycles. The van der Waals surface area contributed by atoms with Gasteiger partial charge in [0.2, 0.25) is 10.0 Å². The Kier molecular flexibility index (Phi) is 4.98. The summed E-state index contributed by atoms with van der Waals surface area (Å²) in [5, 5.41) is 3.65. The zero-order valence-electron chi connectivity index (χ0n) is 13.6. The first-order valence-electron chi connectivity index (χ1n) is 7.69. The Bertz CT molecular complexity index is 1120. The minimum atomic E-state index is -3.76. The Labute approximate surface area is 151 Å². The van der Waals surface area contributed by atoms with Crippen LogP contribution in [0.15, 0.2) is 65.7 Å². The number of amides is 1. The maximum absolute atomic E-state index is 12.5. The van der Waals surface area contributed by atoms with E-state index < -0.39 is 15.9 Å². The van der Waals surface area contributed by atoms with Crippen molar-refractivity contribution in [3.63, 3.8) is 0 Å². The zero-order valence-corrected chi connectivity index (χ0v) is 14.5. The Morgan fingerprint density at radius 2 is 1.96 bits per heavy atom. The third-order valence-electron chi connectivity index (χ3n) is 3.63. The van der Waals surface area contributed by atoms with E-state index in [4.69, 9.17) is 6.42 Å². The van der Waals surface area contributed by atoms with Gasteiger partial charge in [0.1, 0.15) is 0 Å². The van der Waals surface area contributed by atoms with Gasteiger partial charge in [0.25, 0.3) is 5.91 Å². The summed E-state index contributed by atoms with van der Waals surface area (Å²) in [6.45, 7) is -0.121. The average Bonchev–Trinajstić information content (AvgIpc) is 2.66. The molecule has 1 amide bonds. The Morgan fingerprint density at radius 3 is 2.77 bits per heavy atom. The van der Waals surface area contributed by atoms with Crippen molar-refractivity contribution in [2.75, 3.05) is 11.9 Å². The highest BCUT2D eigenvalue weighted by molar-refractivity contribution is 7.89. The van der Waals surface area contributed by atoms with E-state index in [0.29, 0.717) is 5.69 Å². The maximum atomic E-state index is 12.5. The first-order valence-corrected chi connectivity index (χ1v) is 9.17. The van der Waals surface area contributed by atoms with Gasteiger partial charge in [-0.05, 0) is 42.5 Å². The number of terminal acetylenes is 1. The van der Waals surface area contributed by atoms with Gasteiger partial charge < -0.3 is 5.32 Å². The molecule has 6 nitrogen and oxygen atoms in total. The number of sulfonamides is 1. The SMILES string of the molecule is C#CCNS(=O)(=O)c1cccc(C(=O)Nc2ccc3ncccc3c2)c1. The monoisotopic (exact) mass is 365 g/mol. The van der Waals surface area contributed by atoms with Crippen LogP contribution in [0, 0.1) is 12.3 Å². The molecule has 2 N–H and O–H groups in total. The summed E-state index contributed by atoms with van der Waals surface area (Å²) < 4.78 is 26.5. The van der Waals surface area contributed by atoms with Crippen LogP contribution in [-0.2, 0) is 10.0 Å². The first kappa shape index (κ1) is 17.6. The van der Waals surface area contributed by atoms with Crippen LogP contribution in [0.3, 0.4) is 0 Å². The third-order valence-corrected chi connectivity index (χ3v) is 5.03. The molecule has 0 radical (unpaired) electrons. The Balaban J connectivity index is 1.83. The van der Waals surface area contributed by atoms with Gasteiger partial charge in [-0.1, -0.05) is 18.1 Å². The third kappa shape index (κ3) is 3.88. The molecule has 0 aliphatic heterocycles. The minimum Gasteiger partial charge on any atom is -0.322 e. The second-order valence-electron chi connectivity index (χ2n) is 5.42. The molecule has 0 saturated carbocycles. The lowest BCUT2D eigenvalue weighted by molar-refractivity contribution is 0.102. The lowest BCUT2D eigenvalue weighted by Crippen LogP contribution is -2.24. The number of aromatic nitrogens is 1. The predicted octanol–water partition coefficient (Wildman–Crippen LogP) is 2.40. The molecule has 26 heavy (non-hydrogen) atoms. The van der Waals surface area contributed by atoms with Gasteiger partial charge in [0.05, 0.1) is 17.0 Å². The number of nitrogens with zero attached hydrogens (tertiary/aromatic N) is 1. The van der Waals surface area contributed by atoms with E-state index in [1.54, 1.807) is 24.4 Å². The van der Waals surface area contributed by atoms with E-state index in [1.165, 1.54) is 24.3 Å². The molecule has 3 aromatic rings. The summed E-state index contributed by atoms with van der Waals surface area (Å²) in [5.74, 6) is 1.79. The van der Waals surface area contributed by atoms with E-state index in [2.05, 4.69) is 20.9 Å². The number of rotatable bonds is 5. The highest BCUT2D eigenvalue weighted by atomic mass is 32.2. The summed E-state index contributed by atoms with van der Waals surface area (Å²) in [6.07, 6.45) is 6.77. The normalized spacial score (nSPS) is 11.0. The summed E-state index contributed by atoms with van der Waals surface area (Å²) in [6, 6.07) is 14.8. The summed E-state index contributed by atoms with van der Waals surface area (Å²) in [7, 11) is -3.76. The van der Waals surface area contributed by atoms with E-state index in [1.807, 2.05) is 12.1 Å². The van der Waals surface area contributed by atoms with Crippen LogP contribution in [0.2, 0.25) is 0 Å². The average molecular weight is 365 g/mol. The minimum absolute atomic E-state index is 0.0249. The Morgan fingerprint density at radius 1 is 1.12 bits per heavy atom. The second kappa shape index (κ2) is 7.35. The quantitative estimate of drug-likeness (QED) is 0.680. The van der Waals surface area contributed by atoms with E-state index in [9.17, 15) is 13.2 Å². The highest BCUT2D eigenvalue weighted by Crippen LogP contribution is 2.18. The fourth-order valence-electron chi connectivity index (χ4n) is 2.38.